The average Bonchev–Trinajstić information content (AvgIpc) is 2.67. The standard InChI is InChI=1S/C20H30N4O4/c1-14(2)13-17(23-20(27)28-3)18(25)24-11-9-16(10-12-24)22-19(26)21-15-7-5-4-6-8-15/h4-8,14,16-17H,9-13H2,1-3H3,(H,23,27)(H2,21,22,26). The molecule has 1 unspecified atom stereocenters. The van der Waals surface area contributed by atoms with Crippen LogP contribution in [0.5, 0.6) is 0 Å². The summed E-state index contributed by atoms with van der Waals surface area (Å²) in [4.78, 5) is 38.2. The highest BCUT2D eigenvalue weighted by Gasteiger charge is 2.30. The molecule has 1 aliphatic heterocycles. The Morgan fingerprint density at radius 1 is 1.14 bits per heavy atom. The summed E-state index contributed by atoms with van der Waals surface area (Å²) in [7, 11) is 1.28. The molecular formula is C20H30N4O4. The van der Waals surface area contributed by atoms with Crippen molar-refractivity contribution in [1.82, 2.24) is 15.5 Å². The lowest BCUT2D eigenvalue weighted by Gasteiger charge is -2.35. The maximum Gasteiger partial charge on any atom is 0.407 e. The number of benzene rings is 1. The van der Waals surface area contributed by atoms with Crippen molar-refractivity contribution < 1.29 is 19.1 Å². The molecule has 4 amide bonds. The molecule has 8 nitrogen and oxygen atoms in total. The van der Waals surface area contributed by atoms with Crippen LogP contribution in [0.25, 0.3) is 0 Å². The Balaban J connectivity index is 1.83. The molecule has 0 aromatic heterocycles. The monoisotopic (exact) mass is 390 g/mol. The Labute approximate surface area is 166 Å². The first-order chi connectivity index (χ1) is 13.4. The molecule has 1 fully saturated rings. The minimum Gasteiger partial charge on any atom is -0.453 e. The number of methoxy groups -OCH3 is 1. The number of hydrogen-bond acceptors (Lipinski definition) is 4. The smallest absolute Gasteiger partial charge is 0.407 e. The third-order valence-electron chi connectivity index (χ3n) is 4.66. The Morgan fingerprint density at radius 2 is 1.79 bits per heavy atom. The number of likely N-dealkylation sites (tertiary alicyclic amines) is 1. The molecule has 1 atom stereocenters. The second kappa shape index (κ2) is 10.5. The maximum absolute atomic E-state index is 12.8. The molecule has 1 aromatic carbocycles. The number of urea groups is 1. The number of carbonyl (C=O) groups is 3. The van der Waals surface area contributed by atoms with Crippen LogP contribution in [0.1, 0.15) is 33.1 Å². The van der Waals surface area contributed by atoms with Crippen LogP contribution in [0.2, 0.25) is 0 Å². The fourth-order valence-electron chi connectivity index (χ4n) is 3.23. The van der Waals surface area contributed by atoms with E-state index in [2.05, 4.69) is 20.7 Å². The van der Waals surface area contributed by atoms with Crippen LogP contribution in [0.3, 0.4) is 0 Å². The van der Waals surface area contributed by atoms with Crippen LogP contribution >= 0.6 is 0 Å². The van der Waals surface area contributed by atoms with Crippen molar-refractivity contribution >= 4 is 23.7 Å². The third kappa shape index (κ3) is 6.75. The second-order valence-electron chi connectivity index (χ2n) is 7.38. The molecule has 0 spiro atoms. The van der Waals surface area contributed by atoms with Crippen LogP contribution in [0.4, 0.5) is 15.3 Å². The number of nitrogens with zero attached hydrogens (tertiary/aromatic N) is 1. The first-order valence-electron chi connectivity index (χ1n) is 9.65. The molecule has 8 heteroatoms. The average molecular weight is 390 g/mol. The summed E-state index contributed by atoms with van der Waals surface area (Å²) in [5, 5.41) is 8.38. The number of carbonyl (C=O) groups excluding carboxylic acids is 3. The largest absolute Gasteiger partial charge is 0.453 e. The maximum atomic E-state index is 12.8. The van der Waals surface area contributed by atoms with Gasteiger partial charge in [-0.15, -0.1) is 0 Å². The lowest BCUT2D eigenvalue weighted by Crippen LogP contribution is -2.53. The molecule has 0 saturated carbocycles. The van der Waals surface area contributed by atoms with Gasteiger partial charge in [0.2, 0.25) is 5.91 Å². The summed E-state index contributed by atoms with van der Waals surface area (Å²) in [5.41, 5.74) is 0.734. The predicted octanol–water partition coefficient (Wildman–Crippen LogP) is 2.57. The number of alkyl carbamates (subject to hydrolysis) is 1. The lowest BCUT2D eigenvalue weighted by atomic mass is 10.00. The van der Waals surface area contributed by atoms with Gasteiger partial charge < -0.3 is 25.6 Å². The van der Waals surface area contributed by atoms with Crippen molar-refractivity contribution in [3.05, 3.63) is 30.3 Å². The van der Waals surface area contributed by atoms with E-state index in [4.69, 9.17) is 0 Å². The minimum absolute atomic E-state index is 0.00452. The van der Waals surface area contributed by atoms with Crippen molar-refractivity contribution in [1.29, 1.82) is 0 Å². The number of para-hydroxylation sites is 1. The molecule has 0 radical (unpaired) electrons. The molecular weight excluding hydrogens is 360 g/mol. The van der Waals surface area contributed by atoms with Gasteiger partial charge in [-0.1, -0.05) is 32.0 Å². The van der Waals surface area contributed by atoms with Crippen molar-refractivity contribution in [3.63, 3.8) is 0 Å². The summed E-state index contributed by atoms with van der Waals surface area (Å²) < 4.78 is 4.63. The van der Waals surface area contributed by atoms with E-state index in [9.17, 15) is 14.4 Å². The Bertz CT molecular complexity index is 657. The van der Waals surface area contributed by atoms with E-state index in [0.717, 1.165) is 5.69 Å². The number of rotatable bonds is 6. The van der Waals surface area contributed by atoms with Crippen molar-refractivity contribution in [2.45, 2.75) is 45.2 Å². The summed E-state index contributed by atoms with van der Waals surface area (Å²) >= 11 is 0. The summed E-state index contributed by atoms with van der Waals surface area (Å²) in [6.45, 7) is 5.07. The topological polar surface area (TPSA) is 99.8 Å². The van der Waals surface area contributed by atoms with E-state index in [1.54, 1.807) is 4.90 Å². The van der Waals surface area contributed by atoms with Crippen LogP contribution in [0, 0.1) is 5.92 Å². The SMILES string of the molecule is COC(=O)NC(CC(C)C)C(=O)N1CCC(NC(=O)Nc2ccccc2)CC1. The normalized spacial score (nSPS) is 15.6. The van der Waals surface area contributed by atoms with Gasteiger partial charge in [0.1, 0.15) is 6.04 Å². The molecule has 2 rings (SSSR count). The number of ether oxygens (including phenoxy) is 1. The molecule has 154 valence electrons. The lowest BCUT2D eigenvalue weighted by molar-refractivity contribution is -0.134. The molecule has 1 aliphatic rings. The molecule has 0 aliphatic carbocycles. The predicted molar refractivity (Wildman–Crippen MR) is 107 cm³/mol. The van der Waals surface area contributed by atoms with E-state index < -0.39 is 12.1 Å². The van der Waals surface area contributed by atoms with Gasteiger partial charge in [0.05, 0.1) is 7.11 Å². The molecule has 0 bridgehead atoms. The number of nitrogens with one attached hydrogen (secondary N) is 3. The van der Waals surface area contributed by atoms with Crippen LogP contribution in [0.15, 0.2) is 30.3 Å². The van der Waals surface area contributed by atoms with Gasteiger partial charge in [-0.3, -0.25) is 4.79 Å². The molecule has 1 heterocycles. The third-order valence-corrected chi connectivity index (χ3v) is 4.66. The minimum atomic E-state index is -0.604. The zero-order valence-electron chi connectivity index (χ0n) is 16.7. The Morgan fingerprint density at radius 3 is 2.36 bits per heavy atom. The Kier molecular flexibility index (Phi) is 8.10. The highest BCUT2D eigenvalue weighted by molar-refractivity contribution is 5.89. The molecule has 1 saturated heterocycles. The first kappa shape index (κ1) is 21.5. The Hall–Kier alpha value is -2.77. The van der Waals surface area contributed by atoms with Crippen molar-refractivity contribution in [2.75, 3.05) is 25.5 Å². The van der Waals surface area contributed by atoms with Gasteiger partial charge in [-0.2, -0.15) is 0 Å². The van der Waals surface area contributed by atoms with E-state index in [1.165, 1.54) is 7.11 Å². The van der Waals surface area contributed by atoms with Gasteiger partial charge in [0.25, 0.3) is 0 Å². The van der Waals surface area contributed by atoms with E-state index >= 15 is 0 Å². The van der Waals surface area contributed by atoms with Gasteiger partial charge in [0.15, 0.2) is 0 Å². The number of hydrogen-bond donors (Lipinski definition) is 3. The van der Waals surface area contributed by atoms with E-state index in [0.29, 0.717) is 32.4 Å². The van der Waals surface area contributed by atoms with Crippen molar-refractivity contribution in [3.8, 4) is 0 Å². The van der Waals surface area contributed by atoms with E-state index in [-0.39, 0.29) is 23.9 Å². The first-order valence-corrected chi connectivity index (χ1v) is 9.65. The number of piperidine rings is 1. The van der Waals surface area contributed by atoms with Gasteiger partial charge in [-0.25, -0.2) is 9.59 Å². The van der Waals surface area contributed by atoms with E-state index in [1.807, 2.05) is 44.2 Å². The molecule has 3 N–H and O–H groups in total. The highest BCUT2D eigenvalue weighted by Crippen LogP contribution is 2.15. The van der Waals surface area contributed by atoms with Crippen LogP contribution < -0.4 is 16.0 Å². The van der Waals surface area contributed by atoms with Crippen molar-refractivity contribution in [2.24, 2.45) is 5.92 Å². The van der Waals surface area contributed by atoms with Crippen LogP contribution in [-0.2, 0) is 9.53 Å². The zero-order valence-corrected chi connectivity index (χ0v) is 16.7. The summed E-state index contributed by atoms with van der Waals surface area (Å²) in [5.74, 6) is 0.151. The number of anilines is 1. The fraction of sp³-hybridized carbons (Fsp3) is 0.550. The van der Waals surface area contributed by atoms with Gasteiger partial charge in [-0.05, 0) is 37.3 Å². The summed E-state index contributed by atoms with van der Waals surface area (Å²) in [6.07, 6.45) is 1.28. The summed E-state index contributed by atoms with van der Waals surface area (Å²) in [6, 6.07) is 8.40. The molecule has 1 aromatic rings. The highest BCUT2D eigenvalue weighted by atomic mass is 16.5. The zero-order chi connectivity index (χ0) is 20.5. The van der Waals surface area contributed by atoms with Crippen LogP contribution in [-0.4, -0.2) is 55.2 Å². The quantitative estimate of drug-likeness (QED) is 0.695. The molecule has 28 heavy (non-hydrogen) atoms. The van der Waals surface area contributed by atoms with Gasteiger partial charge in [0, 0.05) is 24.8 Å². The second-order valence-corrected chi connectivity index (χ2v) is 7.38. The fourth-order valence-corrected chi connectivity index (χ4v) is 3.23. The van der Waals surface area contributed by atoms with Gasteiger partial charge >= 0.3 is 12.1 Å². The number of amides is 4.